The lowest BCUT2D eigenvalue weighted by atomic mass is 10.2. The Morgan fingerprint density at radius 3 is 2.19 bits per heavy atom. The van der Waals surface area contributed by atoms with Gasteiger partial charge in [0.05, 0.1) is 7.11 Å². The van der Waals surface area contributed by atoms with E-state index >= 15 is 0 Å². The highest BCUT2D eigenvalue weighted by Crippen LogP contribution is 2.30. The van der Waals surface area contributed by atoms with Crippen LogP contribution in [0.15, 0.2) is 29.4 Å². The minimum atomic E-state index is -2.31. The molecule has 1 aliphatic rings. The van der Waals surface area contributed by atoms with Crippen molar-refractivity contribution in [1.29, 1.82) is 0 Å². The van der Waals surface area contributed by atoms with Crippen LogP contribution in [0.2, 0.25) is 0 Å². The Kier molecular flexibility index (Phi) is 6.87. The van der Waals surface area contributed by atoms with Gasteiger partial charge >= 0.3 is 0 Å². The monoisotopic (exact) mass is 474 g/mol. The number of hydrazone groups is 1. The van der Waals surface area contributed by atoms with E-state index in [0.29, 0.717) is 11.4 Å². The van der Waals surface area contributed by atoms with Gasteiger partial charge in [-0.2, -0.15) is 0 Å². The maximum Gasteiger partial charge on any atom is 0.238 e. The van der Waals surface area contributed by atoms with Gasteiger partial charge in [-0.15, -0.1) is 5.10 Å². The molecule has 1 heterocycles. The predicted molar refractivity (Wildman–Crippen MR) is 108 cm³/mol. The van der Waals surface area contributed by atoms with Crippen molar-refractivity contribution >= 4 is 40.1 Å². The quantitative estimate of drug-likeness (QED) is 0.299. The number of nitrogens with zero attached hydrogens (tertiary/aromatic N) is 2. The molecule has 2 N–H and O–H groups in total. The van der Waals surface area contributed by atoms with E-state index in [2.05, 4.69) is 10.4 Å². The number of amides is 2. The smallest absolute Gasteiger partial charge is 0.238 e. The first kappa shape index (κ1) is 23.3. The standard InChI is InChI=1S/C19H15F5N4O3S/c1-28-11(29)7-10(18(30)25-8-3-5-9(31-2)6-4-8)32-19(28)27-26-17-15(23)13(21)12(20)14(22)16(17)24/h3-6,10,26H,7H2,1-2H3,(H,25,30)/b27-19+. The number of carbonyl (C=O) groups is 2. The molecule has 2 aromatic rings. The Hall–Kier alpha value is -3.35. The molecule has 1 aliphatic heterocycles. The molecule has 0 radical (unpaired) electrons. The fraction of sp³-hybridized carbons (Fsp3) is 0.211. The van der Waals surface area contributed by atoms with Crippen molar-refractivity contribution in [2.24, 2.45) is 5.10 Å². The number of methoxy groups -OCH3 is 1. The van der Waals surface area contributed by atoms with Crippen molar-refractivity contribution in [3.05, 3.63) is 53.4 Å². The highest BCUT2D eigenvalue weighted by atomic mass is 32.2. The van der Waals surface area contributed by atoms with Gasteiger partial charge < -0.3 is 10.1 Å². The van der Waals surface area contributed by atoms with Gasteiger partial charge in [0.25, 0.3) is 0 Å². The summed E-state index contributed by atoms with van der Waals surface area (Å²) in [5.74, 6) is -11.4. The zero-order valence-corrected chi connectivity index (χ0v) is 17.3. The summed E-state index contributed by atoms with van der Waals surface area (Å²) in [6, 6.07) is 6.39. The number of hydrogen-bond acceptors (Lipinski definition) is 6. The number of anilines is 2. The Morgan fingerprint density at radius 2 is 1.62 bits per heavy atom. The lowest BCUT2D eigenvalue weighted by molar-refractivity contribution is -0.128. The average Bonchev–Trinajstić information content (AvgIpc) is 2.79. The number of hydrogen-bond donors (Lipinski definition) is 2. The van der Waals surface area contributed by atoms with Crippen molar-refractivity contribution in [3.63, 3.8) is 0 Å². The SMILES string of the molecule is COc1ccc(NC(=O)C2CC(=O)N(C)/C(=N\Nc3c(F)c(F)c(F)c(F)c3F)S2)cc1. The van der Waals surface area contributed by atoms with Crippen LogP contribution in [0.25, 0.3) is 0 Å². The second-order valence-corrected chi connectivity index (χ2v) is 7.60. The summed E-state index contributed by atoms with van der Waals surface area (Å²) in [5.41, 5.74) is 0.806. The molecular weight excluding hydrogens is 459 g/mol. The Balaban J connectivity index is 1.79. The number of ether oxygens (including phenoxy) is 1. The van der Waals surface area contributed by atoms with Crippen molar-refractivity contribution in [2.45, 2.75) is 11.7 Å². The molecule has 170 valence electrons. The summed E-state index contributed by atoms with van der Waals surface area (Å²) >= 11 is 0.770. The number of rotatable bonds is 5. The zero-order valence-electron chi connectivity index (χ0n) is 16.5. The van der Waals surface area contributed by atoms with Gasteiger partial charge in [0.2, 0.25) is 17.6 Å². The van der Waals surface area contributed by atoms with Crippen LogP contribution in [-0.2, 0) is 9.59 Å². The van der Waals surface area contributed by atoms with Gasteiger partial charge in [-0.25, -0.2) is 22.0 Å². The summed E-state index contributed by atoms with van der Waals surface area (Å²) < 4.78 is 72.5. The number of benzene rings is 2. The van der Waals surface area contributed by atoms with Gasteiger partial charge in [-0.05, 0) is 24.3 Å². The molecule has 7 nitrogen and oxygen atoms in total. The number of amidine groups is 1. The zero-order chi connectivity index (χ0) is 23.6. The van der Waals surface area contributed by atoms with Crippen molar-refractivity contribution < 1.29 is 36.3 Å². The largest absolute Gasteiger partial charge is 0.497 e. The highest BCUT2D eigenvalue weighted by Gasteiger charge is 2.34. The summed E-state index contributed by atoms with van der Waals surface area (Å²) in [4.78, 5) is 25.8. The van der Waals surface area contributed by atoms with Crippen LogP contribution in [0.5, 0.6) is 5.75 Å². The number of nitrogens with one attached hydrogen (secondary N) is 2. The first-order valence-electron chi connectivity index (χ1n) is 8.87. The van der Waals surface area contributed by atoms with Crippen LogP contribution < -0.4 is 15.5 Å². The first-order valence-corrected chi connectivity index (χ1v) is 9.75. The first-order chi connectivity index (χ1) is 15.1. The molecule has 2 amide bonds. The van der Waals surface area contributed by atoms with E-state index in [1.165, 1.54) is 14.2 Å². The maximum atomic E-state index is 13.8. The highest BCUT2D eigenvalue weighted by molar-refractivity contribution is 8.15. The molecular formula is C19H15F5N4O3S. The van der Waals surface area contributed by atoms with Crippen LogP contribution >= 0.6 is 11.8 Å². The van der Waals surface area contributed by atoms with Crippen molar-refractivity contribution in [1.82, 2.24) is 4.90 Å². The summed E-state index contributed by atoms with van der Waals surface area (Å²) in [7, 11) is 2.77. The predicted octanol–water partition coefficient (Wildman–Crippen LogP) is 3.68. The van der Waals surface area contributed by atoms with Gasteiger partial charge in [-0.1, -0.05) is 11.8 Å². The van der Waals surface area contributed by atoms with Crippen LogP contribution in [0.4, 0.5) is 33.3 Å². The Morgan fingerprint density at radius 1 is 1.06 bits per heavy atom. The third-order valence-electron chi connectivity index (χ3n) is 4.39. The number of carbonyl (C=O) groups excluding carboxylic acids is 2. The number of thioether (sulfide) groups is 1. The molecule has 2 aromatic carbocycles. The third-order valence-corrected chi connectivity index (χ3v) is 5.63. The number of halogens is 5. The van der Waals surface area contributed by atoms with E-state index in [0.717, 1.165) is 16.7 Å². The fourth-order valence-corrected chi connectivity index (χ4v) is 3.61. The molecule has 1 saturated heterocycles. The van der Waals surface area contributed by atoms with Gasteiger partial charge in [0.15, 0.2) is 28.4 Å². The molecule has 0 aromatic heterocycles. The Labute approximate surface area is 182 Å². The van der Waals surface area contributed by atoms with Gasteiger partial charge in [0, 0.05) is 19.2 Å². The maximum absolute atomic E-state index is 13.8. The fourth-order valence-electron chi connectivity index (χ4n) is 2.60. The van der Waals surface area contributed by atoms with Crippen LogP contribution in [-0.4, -0.2) is 41.3 Å². The third kappa shape index (κ3) is 4.61. The Bertz CT molecular complexity index is 1070. The molecule has 0 spiro atoms. The molecule has 0 bridgehead atoms. The molecule has 1 atom stereocenters. The topological polar surface area (TPSA) is 83.0 Å². The lowest BCUT2D eigenvalue weighted by Crippen LogP contribution is -2.43. The summed E-state index contributed by atoms with van der Waals surface area (Å²) in [6.45, 7) is 0. The summed E-state index contributed by atoms with van der Waals surface area (Å²) in [5, 5.41) is 5.02. The molecule has 0 aliphatic carbocycles. The molecule has 1 fully saturated rings. The minimum Gasteiger partial charge on any atom is -0.497 e. The second kappa shape index (κ2) is 9.42. The van der Waals surface area contributed by atoms with Gasteiger partial charge in [0.1, 0.15) is 16.7 Å². The molecule has 13 heteroatoms. The van der Waals surface area contributed by atoms with E-state index < -0.39 is 51.8 Å². The lowest BCUT2D eigenvalue weighted by Gasteiger charge is -2.28. The van der Waals surface area contributed by atoms with Crippen LogP contribution in [0, 0.1) is 29.1 Å². The molecule has 1 unspecified atom stereocenters. The normalized spacial score (nSPS) is 17.5. The van der Waals surface area contributed by atoms with E-state index in [1.54, 1.807) is 29.7 Å². The van der Waals surface area contributed by atoms with Crippen molar-refractivity contribution in [3.8, 4) is 5.75 Å². The summed E-state index contributed by atoms with van der Waals surface area (Å²) in [6.07, 6.45) is -0.204. The van der Waals surface area contributed by atoms with E-state index in [1.807, 2.05) is 0 Å². The van der Waals surface area contributed by atoms with Crippen LogP contribution in [0.3, 0.4) is 0 Å². The van der Waals surface area contributed by atoms with Crippen LogP contribution in [0.1, 0.15) is 6.42 Å². The minimum absolute atomic E-state index is 0.204. The van der Waals surface area contributed by atoms with E-state index in [-0.39, 0.29) is 11.6 Å². The van der Waals surface area contributed by atoms with E-state index in [9.17, 15) is 31.5 Å². The average molecular weight is 474 g/mol. The van der Waals surface area contributed by atoms with E-state index in [4.69, 9.17) is 4.74 Å². The molecule has 3 rings (SSSR count). The molecule has 0 saturated carbocycles. The van der Waals surface area contributed by atoms with Crippen molar-refractivity contribution in [2.75, 3.05) is 24.9 Å². The molecule has 32 heavy (non-hydrogen) atoms. The van der Waals surface area contributed by atoms with Gasteiger partial charge in [-0.3, -0.25) is 19.9 Å². The second-order valence-electron chi connectivity index (χ2n) is 6.43.